The van der Waals surface area contributed by atoms with Crippen LogP contribution in [-0.2, 0) is 14.8 Å². The van der Waals surface area contributed by atoms with Crippen LogP contribution in [0.15, 0.2) is 23.1 Å². The molecule has 1 aromatic rings. The van der Waals surface area contributed by atoms with E-state index in [2.05, 4.69) is 4.72 Å². The lowest BCUT2D eigenvalue weighted by molar-refractivity contribution is 0.139. The Labute approximate surface area is 116 Å². The largest absolute Gasteiger partial charge is 0.395 e. The monoisotopic (exact) mass is 313 g/mol. The highest BCUT2D eigenvalue weighted by Gasteiger charge is 2.22. The molecule has 0 saturated heterocycles. The Hall–Kier alpha value is -0.370. The van der Waals surface area contributed by atoms with Crippen molar-refractivity contribution in [2.75, 3.05) is 20.3 Å². The molecule has 0 aromatic heterocycles. The third kappa shape index (κ3) is 4.08. The third-order valence-electron chi connectivity index (χ3n) is 2.09. The summed E-state index contributed by atoms with van der Waals surface area (Å²) in [5.74, 6) is 0. The second-order valence-corrected chi connectivity index (χ2v) is 6.06. The zero-order valence-corrected chi connectivity index (χ0v) is 11.9. The SMILES string of the molecule is COCC(CO)NS(=O)(=O)c1cc(Cl)ccc1Cl. The van der Waals surface area contributed by atoms with E-state index in [0.717, 1.165) is 0 Å². The van der Waals surface area contributed by atoms with Crippen molar-refractivity contribution in [1.82, 2.24) is 4.72 Å². The molecule has 8 heteroatoms. The van der Waals surface area contributed by atoms with E-state index in [4.69, 9.17) is 33.0 Å². The quantitative estimate of drug-likeness (QED) is 0.829. The molecule has 18 heavy (non-hydrogen) atoms. The molecule has 102 valence electrons. The van der Waals surface area contributed by atoms with E-state index in [1.54, 1.807) is 0 Å². The van der Waals surface area contributed by atoms with Crippen LogP contribution in [0.4, 0.5) is 0 Å². The van der Waals surface area contributed by atoms with Gasteiger partial charge in [-0.15, -0.1) is 0 Å². The lowest BCUT2D eigenvalue weighted by atomic mass is 10.4. The maximum Gasteiger partial charge on any atom is 0.242 e. The summed E-state index contributed by atoms with van der Waals surface area (Å²) in [5, 5.41) is 9.34. The van der Waals surface area contributed by atoms with Gasteiger partial charge in [-0.1, -0.05) is 23.2 Å². The van der Waals surface area contributed by atoms with Crippen LogP contribution in [0.2, 0.25) is 10.0 Å². The Morgan fingerprint density at radius 1 is 1.44 bits per heavy atom. The number of aliphatic hydroxyl groups is 1. The fourth-order valence-corrected chi connectivity index (χ4v) is 3.27. The van der Waals surface area contributed by atoms with Crippen LogP contribution < -0.4 is 4.72 Å². The smallest absolute Gasteiger partial charge is 0.242 e. The van der Waals surface area contributed by atoms with Gasteiger partial charge in [0.1, 0.15) is 4.90 Å². The molecule has 0 aliphatic heterocycles. The zero-order chi connectivity index (χ0) is 13.8. The van der Waals surface area contributed by atoms with E-state index in [1.807, 2.05) is 0 Å². The molecule has 0 radical (unpaired) electrons. The Kier molecular flexibility index (Phi) is 5.84. The molecule has 0 aliphatic carbocycles. The first-order chi connectivity index (χ1) is 8.40. The van der Waals surface area contributed by atoms with Gasteiger partial charge in [0.15, 0.2) is 0 Å². The van der Waals surface area contributed by atoms with Gasteiger partial charge < -0.3 is 9.84 Å². The van der Waals surface area contributed by atoms with Gasteiger partial charge in [0, 0.05) is 12.1 Å². The number of nitrogens with one attached hydrogen (secondary N) is 1. The van der Waals surface area contributed by atoms with Gasteiger partial charge in [-0.05, 0) is 18.2 Å². The second kappa shape index (κ2) is 6.70. The van der Waals surface area contributed by atoms with Crippen molar-refractivity contribution in [3.63, 3.8) is 0 Å². The fourth-order valence-electron chi connectivity index (χ4n) is 1.29. The molecular weight excluding hydrogens is 301 g/mol. The Morgan fingerprint density at radius 2 is 2.11 bits per heavy atom. The summed E-state index contributed by atoms with van der Waals surface area (Å²) in [4.78, 5) is -0.133. The molecule has 0 spiro atoms. The van der Waals surface area contributed by atoms with Gasteiger partial charge in [0.2, 0.25) is 10.0 Å². The summed E-state index contributed by atoms with van der Waals surface area (Å²) in [5.41, 5.74) is 0. The van der Waals surface area contributed by atoms with Crippen LogP contribution in [0.25, 0.3) is 0 Å². The van der Waals surface area contributed by atoms with Crippen LogP contribution in [0.3, 0.4) is 0 Å². The molecule has 0 aliphatic rings. The number of hydrogen-bond acceptors (Lipinski definition) is 4. The van der Waals surface area contributed by atoms with Crippen LogP contribution in [0, 0.1) is 0 Å². The first-order valence-corrected chi connectivity index (χ1v) is 7.21. The van der Waals surface area contributed by atoms with Gasteiger partial charge in [-0.2, -0.15) is 0 Å². The highest BCUT2D eigenvalue weighted by atomic mass is 35.5. The predicted octanol–water partition coefficient (Wildman–Crippen LogP) is 1.28. The third-order valence-corrected chi connectivity index (χ3v) is 4.33. The minimum atomic E-state index is -3.85. The Balaban J connectivity index is 3.02. The summed E-state index contributed by atoms with van der Waals surface area (Å²) >= 11 is 11.5. The van der Waals surface area contributed by atoms with E-state index in [1.165, 1.54) is 25.3 Å². The molecule has 1 aromatic carbocycles. The molecule has 5 nitrogen and oxygen atoms in total. The summed E-state index contributed by atoms with van der Waals surface area (Å²) < 4.78 is 31.1. The van der Waals surface area contributed by atoms with Crippen LogP contribution in [-0.4, -0.2) is 39.9 Å². The van der Waals surface area contributed by atoms with Crippen molar-refractivity contribution in [1.29, 1.82) is 0 Å². The molecule has 0 amide bonds. The fraction of sp³-hybridized carbons (Fsp3) is 0.400. The average molecular weight is 314 g/mol. The van der Waals surface area contributed by atoms with Crippen LogP contribution >= 0.6 is 23.2 Å². The molecule has 0 heterocycles. The van der Waals surface area contributed by atoms with E-state index in [0.29, 0.717) is 0 Å². The van der Waals surface area contributed by atoms with Crippen molar-refractivity contribution >= 4 is 33.2 Å². The first-order valence-electron chi connectivity index (χ1n) is 4.98. The predicted molar refractivity (Wildman–Crippen MR) is 69.5 cm³/mol. The van der Waals surface area contributed by atoms with Crippen molar-refractivity contribution in [2.24, 2.45) is 0 Å². The zero-order valence-electron chi connectivity index (χ0n) is 9.56. The standard InChI is InChI=1S/C10H13Cl2NO4S/c1-17-6-8(5-14)13-18(15,16)10-4-7(11)2-3-9(10)12/h2-4,8,13-14H,5-6H2,1H3. The van der Waals surface area contributed by atoms with Gasteiger partial charge in [0.05, 0.1) is 24.3 Å². The van der Waals surface area contributed by atoms with Crippen molar-refractivity contribution < 1.29 is 18.3 Å². The highest BCUT2D eigenvalue weighted by molar-refractivity contribution is 7.89. The number of aliphatic hydroxyl groups excluding tert-OH is 1. The minimum Gasteiger partial charge on any atom is -0.395 e. The average Bonchev–Trinajstić information content (AvgIpc) is 2.31. The molecule has 1 rings (SSSR count). The molecule has 0 saturated carbocycles. The maximum absolute atomic E-state index is 12.0. The Bertz CT molecular complexity index is 507. The van der Waals surface area contributed by atoms with Crippen molar-refractivity contribution in [3.8, 4) is 0 Å². The van der Waals surface area contributed by atoms with Crippen molar-refractivity contribution in [3.05, 3.63) is 28.2 Å². The van der Waals surface area contributed by atoms with E-state index < -0.39 is 16.1 Å². The number of halogens is 2. The first kappa shape index (κ1) is 15.7. The molecule has 0 fully saturated rings. The number of benzene rings is 1. The normalized spacial score (nSPS) is 13.6. The number of rotatable bonds is 6. The number of sulfonamides is 1. The molecular formula is C10H13Cl2NO4S. The summed E-state index contributed by atoms with van der Waals surface area (Å²) in [6, 6.07) is 3.38. The number of ether oxygens (including phenoxy) is 1. The topological polar surface area (TPSA) is 75.6 Å². The number of hydrogen-bond donors (Lipinski definition) is 2. The molecule has 2 N–H and O–H groups in total. The summed E-state index contributed by atoms with van der Waals surface area (Å²) in [7, 11) is -2.45. The lowest BCUT2D eigenvalue weighted by Crippen LogP contribution is -2.40. The van der Waals surface area contributed by atoms with Gasteiger partial charge in [-0.3, -0.25) is 0 Å². The van der Waals surface area contributed by atoms with Gasteiger partial charge in [0.25, 0.3) is 0 Å². The van der Waals surface area contributed by atoms with Crippen LogP contribution in [0.1, 0.15) is 0 Å². The van der Waals surface area contributed by atoms with E-state index in [-0.39, 0.29) is 28.2 Å². The Morgan fingerprint density at radius 3 is 2.67 bits per heavy atom. The lowest BCUT2D eigenvalue weighted by Gasteiger charge is -2.16. The van der Waals surface area contributed by atoms with E-state index >= 15 is 0 Å². The maximum atomic E-state index is 12.0. The summed E-state index contributed by atoms with van der Waals surface area (Å²) in [6.45, 7) is -0.334. The highest BCUT2D eigenvalue weighted by Crippen LogP contribution is 2.24. The van der Waals surface area contributed by atoms with E-state index in [9.17, 15) is 8.42 Å². The van der Waals surface area contributed by atoms with Crippen LogP contribution in [0.5, 0.6) is 0 Å². The van der Waals surface area contributed by atoms with Crippen molar-refractivity contribution in [2.45, 2.75) is 10.9 Å². The van der Waals surface area contributed by atoms with Gasteiger partial charge >= 0.3 is 0 Å². The molecule has 0 bridgehead atoms. The summed E-state index contributed by atoms with van der Waals surface area (Å²) in [6.07, 6.45) is 0. The van der Waals surface area contributed by atoms with Gasteiger partial charge in [-0.25, -0.2) is 13.1 Å². The molecule has 1 unspecified atom stereocenters. The molecule has 1 atom stereocenters. The number of methoxy groups -OCH3 is 1. The second-order valence-electron chi connectivity index (χ2n) is 3.53. The minimum absolute atomic E-state index is 0.0495.